The molecule has 0 aliphatic rings. The monoisotopic (exact) mass is 367 g/mol. The largest absolute Gasteiger partial charge is 0.496 e. The maximum atomic E-state index is 5.30. The van der Waals surface area contributed by atoms with Crippen LogP contribution in [-0.2, 0) is 5.41 Å². The molecule has 0 aliphatic heterocycles. The Hall–Kier alpha value is -1.40. The standard InChI is InChI=1S/C15H18BrN3OS/c1-15(2,3)13-9-21-14(18-13)19-17-8-10-7-11(16)5-6-12(10)20-4/h5-9H,1-4H3,(H,18,19)/b17-8+. The Morgan fingerprint density at radius 3 is 2.76 bits per heavy atom. The van der Waals surface area contributed by atoms with Crippen LogP contribution in [0.3, 0.4) is 0 Å². The molecule has 4 nitrogen and oxygen atoms in total. The number of nitrogens with zero attached hydrogens (tertiary/aromatic N) is 2. The maximum absolute atomic E-state index is 5.30. The van der Waals surface area contributed by atoms with E-state index in [1.165, 1.54) is 0 Å². The molecule has 0 saturated carbocycles. The number of aromatic nitrogens is 1. The van der Waals surface area contributed by atoms with Crippen molar-refractivity contribution in [2.75, 3.05) is 12.5 Å². The maximum Gasteiger partial charge on any atom is 0.203 e. The van der Waals surface area contributed by atoms with Crippen molar-refractivity contribution in [2.24, 2.45) is 5.10 Å². The zero-order chi connectivity index (χ0) is 15.5. The number of methoxy groups -OCH3 is 1. The third kappa shape index (κ3) is 4.28. The Bertz CT molecular complexity index is 647. The third-order valence-corrected chi connectivity index (χ3v) is 4.07. The summed E-state index contributed by atoms with van der Waals surface area (Å²) in [5.74, 6) is 0.776. The summed E-state index contributed by atoms with van der Waals surface area (Å²) in [4.78, 5) is 4.53. The molecule has 1 aromatic heterocycles. The number of halogens is 1. The first kappa shape index (κ1) is 16.0. The van der Waals surface area contributed by atoms with Gasteiger partial charge in [-0.05, 0) is 18.2 Å². The van der Waals surface area contributed by atoms with Crippen LogP contribution >= 0.6 is 27.3 Å². The van der Waals surface area contributed by atoms with Crippen molar-refractivity contribution in [3.63, 3.8) is 0 Å². The molecule has 2 rings (SSSR count). The van der Waals surface area contributed by atoms with Gasteiger partial charge in [-0.3, -0.25) is 5.43 Å². The van der Waals surface area contributed by atoms with Crippen LogP contribution in [0, 0.1) is 0 Å². The van der Waals surface area contributed by atoms with Gasteiger partial charge in [-0.15, -0.1) is 11.3 Å². The van der Waals surface area contributed by atoms with Gasteiger partial charge in [0.2, 0.25) is 5.13 Å². The predicted molar refractivity (Wildman–Crippen MR) is 92.7 cm³/mol. The number of hydrogen-bond acceptors (Lipinski definition) is 5. The number of thiazole rings is 1. The van der Waals surface area contributed by atoms with Crippen molar-refractivity contribution in [1.82, 2.24) is 4.98 Å². The average molecular weight is 368 g/mol. The molecule has 0 unspecified atom stereocenters. The van der Waals surface area contributed by atoms with Gasteiger partial charge in [0.15, 0.2) is 0 Å². The molecule has 0 bridgehead atoms. The topological polar surface area (TPSA) is 46.5 Å². The van der Waals surface area contributed by atoms with Gasteiger partial charge in [-0.2, -0.15) is 5.10 Å². The minimum atomic E-state index is 0.0493. The highest BCUT2D eigenvalue weighted by Crippen LogP contribution is 2.26. The van der Waals surface area contributed by atoms with E-state index < -0.39 is 0 Å². The van der Waals surface area contributed by atoms with Gasteiger partial charge in [0.05, 0.1) is 19.0 Å². The van der Waals surface area contributed by atoms with Gasteiger partial charge >= 0.3 is 0 Å². The van der Waals surface area contributed by atoms with Gasteiger partial charge in [-0.1, -0.05) is 36.7 Å². The van der Waals surface area contributed by atoms with Crippen LogP contribution < -0.4 is 10.2 Å². The fraction of sp³-hybridized carbons (Fsp3) is 0.333. The molecule has 112 valence electrons. The van der Waals surface area contributed by atoms with Crippen LogP contribution in [0.4, 0.5) is 5.13 Å². The van der Waals surface area contributed by atoms with Gasteiger partial charge in [-0.25, -0.2) is 4.98 Å². The summed E-state index contributed by atoms with van der Waals surface area (Å²) in [7, 11) is 1.64. The Labute approximate surface area is 137 Å². The van der Waals surface area contributed by atoms with E-state index in [1.54, 1.807) is 24.7 Å². The summed E-state index contributed by atoms with van der Waals surface area (Å²) in [6.45, 7) is 6.42. The number of rotatable bonds is 4. The van der Waals surface area contributed by atoms with Gasteiger partial charge in [0.25, 0.3) is 0 Å². The Morgan fingerprint density at radius 1 is 1.38 bits per heavy atom. The lowest BCUT2D eigenvalue weighted by Gasteiger charge is -2.13. The third-order valence-electron chi connectivity index (χ3n) is 2.83. The van der Waals surface area contributed by atoms with Gasteiger partial charge < -0.3 is 4.74 Å². The van der Waals surface area contributed by atoms with Crippen molar-refractivity contribution >= 4 is 38.6 Å². The second-order valence-electron chi connectivity index (χ2n) is 5.54. The molecule has 0 fully saturated rings. The zero-order valence-electron chi connectivity index (χ0n) is 12.5. The Balaban J connectivity index is 2.09. The number of hydrogen-bond donors (Lipinski definition) is 1. The summed E-state index contributed by atoms with van der Waals surface area (Å²) in [6.07, 6.45) is 1.72. The molecule has 1 aromatic carbocycles. The number of anilines is 1. The van der Waals surface area contributed by atoms with Crippen LogP contribution in [0.1, 0.15) is 32.0 Å². The quantitative estimate of drug-likeness (QED) is 0.631. The first-order valence-electron chi connectivity index (χ1n) is 6.49. The Morgan fingerprint density at radius 2 is 2.14 bits per heavy atom. The molecule has 0 amide bonds. The number of hydrazone groups is 1. The second-order valence-corrected chi connectivity index (χ2v) is 7.32. The number of nitrogens with one attached hydrogen (secondary N) is 1. The first-order valence-corrected chi connectivity index (χ1v) is 8.16. The molecule has 0 saturated heterocycles. The molecule has 0 radical (unpaired) electrons. The van der Waals surface area contributed by atoms with E-state index >= 15 is 0 Å². The number of ether oxygens (including phenoxy) is 1. The molecule has 6 heteroatoms. The summed E-state index contributed by atoms with van der Waals surface area (Å²) in [5.41, 5.74) is 4.97. The second kappa shape index (κ2) is 6.58. The van der Waals surface area contributed by atoms with E-state index in [9.17, 15) is 0 Å². The highest BCUT2D eigenvalue weighted by Gasteiger charge is 2.17. The predicted octanol–water partition coefficient (Wildman–Crippen LogP) is 4.66. The minimum Gasteiger partial charge on any atom is -0.496 e. The Kier molecular flexibility index (Phi) is 5.00. The van der Waals surface area contributed by atoms with E-state index in [2.05, 4.69) is 57.6 Å². The molecule has 21 heavy (non-hydrogen) atoms. The highest BCUT2D eigenvalue weighted by atomic mass is 79.9. The lowest BCUT2D eigenvalue weighted by molar-refractivity contribution is 0.414. The van der Waals surface area contributed by atoms with Crippen molar-refractivity contribution < 1.29 is 4.74 Å². The van der Waals surface area contributed by atoms with Gasteiger partial charge in [0, 0.05) is 20.8 Å². The summed E-state index contributed by atoms with van der Waals surface area (Å²) in [6, 6.07) is 5.78. The van der Waals surface area contributed by atoms with Crippen LogP contribution in [-0.4, -0.2) is 18.3 Å². The van der Waals surface area contributed by atoms with Crippen molar-refractivity contribution in [2.45, 2.75) is 26.2 Å². The smallest absolute Gasteiger partial charge is 0.203 e. The zero-order valence-corrected chi connectivity index (χ0v) is 14.9. The van der Waals surface area contributed by atoms with Crippen LogP contribution in [0.15, 0.2) is 33.2 Å². The SMILES string of the molecule is COc1ccc(Br)cc1/C=N/Nc1nc(C(C)(C)C)cs1. The van der Waals surface area contributed by atoms with Crippen molar-refractivity contribution in [1.29, 1.82) is 0 Å². The van der Waals surface area contributed by atoms with E-state index in [4.69, 9.17) is 4.74 Å². The average Bonchev–Trinajstić information content (AvgIpc) is 2.88. The molecule has 0 spiro atoms. The molecule has 2 aromatic rings. The number of benzene rings is 1. The molecule has 1 heterocycles. The molecule has 1 N–H and O–H groups in total. The van der Waals surface area contributed by atoms with Crippen LogP contribution in [0.5, 0.6) is 5.75 Å². The lowest BCUT2D eigenvalue weighted by Crippen LogP contribution is -2.11. The highest BCUT2D eigenvalue weighted by molar-refractivity contribution is 9.10. The summed E-state index contributed by atoms with van der Waals surface area (Å²) < 4.78 is 6.28. The normalized spacial score (nSPS) is 11.9. The molecule has 0 atom stereocenters. The fourth-order valence-electron chi connectivity index (χ4n) is 1.63. The fourth-order valence-corrected chi connectivity index (χ4v) is 2.90. The van der Waals surface area contributed by atoms with Crippen LogP contribution in [0.25, 0.3) is 0 Å². The van der Waals surface area contributed by atoms with Crippen molar-refractivity contribution in [3.05, 3.63) is 39.3 Å². The summed E-state index contributed by atoms with van der Waals surface area (Å²) >= 11 is 4.99. The molecular weight excluding hydrogens is 350 g/mol. The van der Waals surface area contributed by atoms with Gasteiger partial charge in [0.1, 0.15) is 5.75 Å². The van der Waals surface area contributed by atoms with E-state index in [0.717, 1.165) is 26.6 Å². The van der Waals surface area contributed by atoms with E-state index in [1.807, 2.05) is 18.2 Å². The van der Waals surface area contributed by atoms with E-state index in [-0.39, 0.29) is 5.41 Å². The molecule has 0 aliphatic carbocycles. The lowest BCUT2D eigenvalue weighted by atomic mass is 9.93. The van der Waals surface area contributed by atoms with Crippen LogP contribution in [0.2, 0.25) is 0 Å². The summed E-state index contributed by atoms with van der Waals surface area (Å²) in [5, 5.41) is 7.06. The minimum absolute atomic E-state index is 0.0493. The first-order chi connectivity index (χ1) is 9.90. The van der Waals surface area contributed by atoms with E-state index in [0.29, 0.717) is 0 Å². The molecular formula is C15H18BrN3OS. The van der Waals surface area contributed by atoms with Crippen molar-refractivity contribution in [3.8, 4) is 5.75 Å².